The van der Waals surface area contributed by atoms with Crippen molar-refractivity contribution in [3.05, 3.63) is 11.7 Å². The van der Waals surface area contributed by atoms with Crippen molar-refractivity contribution in [2.75, 3.05) is 0 Å². The second kappa shape index (κ2) is 13.1. The summed E-state index contributed by atoms with van der Waals surface area (Å²) in [7, 11) is 0. The number of nitrogens with zero attached hydrogens (tertiary/aromatic N) is 3. The molecule has 2 atom stereocenters. The summed E-state index contributed by atoms with van der Waals surface area (Å²) in [6, 6.07) is -0.0264. The van der Waals surface area contributed by atoms with Crippen molar-refractivity contribution in [3.63, 3.8) is 0 Å². The molecule has 2 unspecified atom stereocenters. The monoisotopic (exact) mass is 385 g/mol. The van der Waals surface area contributed by atoms with Gasteiger partial charge in [-0.15, -0.1) is 12.4 Å². The molecule has 1 saturated heterocycles. The Labute approximate surface area is 164 Å². The van der Waals surface area contributed by atoms with Crippen LogP contribution in [-0.4, -0.2) is 27.5 Å². The zero-order valence-electron chi connectivity index (χ0n) is 16.2. The van der Waals surface area contributed by atoms with E-state index in [1.165, 1.54) is 64.1 Å². The SMILES string of the molecule is CCCCCCCCCCCCc1noc(C2CCC(N)N2C=N)n1.Cl. The molecular weight excluding hydrogens is 350 g/mol. The average molecular weight is 386 g/mol. The van der Waals surface area contributed by atoms with E-state index in [1.54, 1.807) is 4.90 Å². The molecule has 0 saturated carbocycles. The van der Waals surface area contributed by atoms with Crippen molar-refractivity contribution in [1.29, 1.82) is 5.41 Å². The number of likely N-dealkylation sites (tertiary alicyclic amines) is 1. The molecular formula is C19H36ClN5O. The van der Waals surface area contributed by atoms with Gasteiger partial charge in [0.1, 0.15) is 6.04 Å². The molecule has 0 bridgehead atoms. The first-order chi connectivity index (χ1) is 12.3. The van der Waals surface area contributed by atoms with E-state index in [0.717, 1.165) is 31.5 Å². The lowest BCUT2D eigenvalue weighted by molar-refractivity contribution is 0.259. The molecule has 0 amide bonds. The van der Waals surface area contributed by atoms with Crippen molar-refractivity contribution in [2.24, 2.45) is 5.73 Å². The van der Waals surface area contributed by atoms with Crippen LogP contribution in [0.1, 0.15) is 102 Å². The first-order valence-electron chi connectivity index (χ1n) is 10.1. The standard InChI is InChI=1S/C19H35N5O.ClH/c1-2-3-4-5-6-7-8-9-10-11-12-18-22-19(25-23-18)16-13-14-17(21)24(16)15-20;/h15-17,20H,2-14,21H2,1H3;1H. The van der Waals surface area contributed by atoms with Gasteiger partial charge in [0.25, 0.3) is 0 Å². The van der Waals surface area contributed by atoms with Gasteiger partial charge in [0, 0.05) is 6.42 Å². The van der Waals surface area contributed by atoms with Crippen LogP contribution >= 0.6 is 12.4 Å². The van der Waals surface area contributed by atoms with E-state index in [9.17, 15) is 0 Å². The van der Waals surface area contributed by atoms with Gasteiger partial charge >= 0.3 is 0 Å². The largest absolute Gasteiger partial charge is 0.337 e. The van der Waals surface area contributed by atoms with Gasteiger partial charge in [-0.1, -0.05) is 69.9 Å². The Hall–Kier alpha value is -1.14. The van der Waals surface area contributed by atoms with E-state index in [4.69, 9.17) is 15.7 Å². The van der Waals surface area contributed by atoms with Crippen molar-refractivity contribution < 1.29 is 4.52 Å². The number of unbranched alkanes of at least 4 members (excludes halogenated alkanes) is 9. The zero-order chi connectivity index (χ0) is 17.9. The fraction of sp³-hybridized carbons (Fsp3) is 0.842. The molecule has 1 fully saturated rings. The summed E-state index contributed by atoms with van der Waals surface area (Å²) in [6.07, 6.45) is 17.1. The van der Waals surface area contributed by atoms with Gasteiger partial charge in [-0.2, -0.15) is 4.98 Å². The molecule has 2 heterocycles. The number of hydrogen-bond donors (Lipinski definition) is 2. The number of aromatic nitrogens is 2. The fourth-order valence-corrected chi connectivity index (χ4v) is 3.57. The Balaban J connectivity index is 0.00000338. The predicted octanol–water partition coefficient (Wildman–Crippen LogP) is 4.98. The minimum atomic E-state index is -0.111. The Morgan fingerprint density at radius 2 is 1.69 bits per heavy atom. The Kier molecular flexibility index (Phi) is 11.5. The number of halogens is 1. The number of nitrogens with one attached hydrogen (secondary N) is 1. The molecule has 2 rings (SSSR count). The van der Waals surface area contributed by atoms with E-state index < -0.39 is 0 Å². The molecule has 0 aromatic carbocycles. The van der Waals surface area contributed by atoms with Crippen LogP contribution in [-0.2, 0) is 6.42 Å². The second-order valence-electron chi connectivity index (χ2n) is 7.22. The highest BCUT2D eigenvalue weighted by Crippen LogP contribution is 2.32. The summed E-state index contributed by atoms with van der Waals surface area (Å²) in [4.78, 5) is 6.33. The van der Waals surface area contributed by atoms with Gasteiger partial charge in [-0.3, -0.25) is 5.41 Å². The quantitative estimate of drug-likeness (QED) is 0.283. The van der Waals surface area contributed by atoms with Gasteiger partial charge < -0.3 is 15.2 Å². The Morgan fingerprint density at radius 1 is 1.08 bits per heavy atom. The van der Waals surface area contributed by atoms with Gasteiger partial charge in [-0.05, 0) is 19.3 Å². The average Bonchev–Trinajstić information content (AvgIpc) is 3.22. The highest BCUT2D eigenvalue weighted by Gasteiger charge is 2.33. The predicted molar refractivity (Wildman–Crippen MR) is 108 cm³/mol. The first-order valence-corrected chi connectivity index (χ1v) is 10.1. The Morgan fingerprint density at radius 3 is 2.31 bits per heavy atom. The van der Waals surface area contributed by atoms with Crippen LogP contribution in [0, 0.1) is 5.41 Å². The van der Waals surface area contributed by atoms with Crippen molar-refractivity contribution >= 4 is 18.7 Å². The van der Waals surface area contributed by atoms with Gasteiger partial charge in [0.05, 0.1) is 12.5 Å². The van der Waals surface area contributed by atoms with E-state index >= 15 is 0 Å². The third-order valence-corrected chi connectivity index (χ3v) is 5.15. The minimum absolute atomic E-state index is 0. The maximum absolute atomic E-state index is 7.49. The maximum atomic E-state index is 7.49. The summed E-state index contributed by atoms with van der Waals surface area (Å²) in [5, 5.41) is 11.6. The van der Waals surface area contributed by atoms with E-state index in [2.05, 4.69) is 17.1 Å². The first kappa shape index (κ1) is 22.9. The second-order valence-corrected chi connectivity index (χ2v) is 7.22. The van der Waals surface area contributed by atoms with Crippen molar-refractivity contribution in [1.82, 2.24) is 15.0 Å². The van der Waals surface area contributed by atoms with Crippen LogP contribution in [0.4, 0.5) is 0 Å². The maximum Gasteiger partial charge on any atom is 0.249 e. The van der Waals surface area contributed by atoms with Gasteiger partial charge in [0.2, 0.25) is 5.89 Å². The van der Waals surface area contributed by atoms with Gasteiger partial charge in [-0.25, -0.2) is 0 Å². The summed E-state index contributed by atoms with van der Waals surface area (Å²) in [5.74, 6) is 1.40. The molecule has 6 nitrogen and oxygen atoms in total. The molecule has 1 aliphatic heterocycles. The molecule has 26 heavy (non-hydrogen) atoms. The van der Waals surface area contributed by atoms with E-state index in [0.29, 0.717) is 5.89 Å². The van der Waals surface area contributed by atoms with E-state index in [-0.39, 0.29) is 24.6 Å². The molecule has 150 valence electrons. The number of rotatable bonds is 13. The lowest BCUT2D eigenvalue weighted by Gasteiger charge is -2.22. The van der Waals surface area contributed by atoms with Gasteiger partial charge in [0.15, 0.2) is 5.82 Å². The molecule has 1 aliphatic rings. The molecule has 0 radical (unpaired) electrons. The lowest BCUT2D eigenvalue weighted by Crippen LogP contribution is -2.36. The summed E-state index contributed by atoms with van der Waals surface area (Å²) in [6.45, 7) is 2.26. The molecule has 1 aromatic heterocycles. The molecule has 3 N–H and O–H groups in total. The van der Waals surface area contributed by atoms with E-state index in [1.807, 2.05) is 0 Å². The number of aryl methyl sites for hydroxylation is 1. The molecule has 0 spiro atoms. The highest BCUT2D eigenvalue weighted by molar-refractivity contribution is 5.85. The molecule has 0 aliphatic carbocycles. The number of hydrogen-bond acceptors (Lipinski definition) is 5. The van der Waals surface area contributed by atoms with Crippen LogP contribution in [0.15, 0.2) is 4.52 Å². The van der Waals surface area contributed by atoms with Crippen LogP contribution in [0.3, 0.4) is 0 Å². The minimum Gasteiger partial charge on any atom is -0.337 e. The normalized spacial score (nSPS) is 19.5. The van der Waals surface area contributed by atoms with Crippen LogP contribution in [0.25, 0.3) is 0 Å². The fourth-order valence-electron chi connectivity index (χ4n) is 3.57. The molecule has 1 aromatic rings. The van der Waals surface area contributed by atoms with Crippen molar-refractivity contribution in [3.8, 4) is 0 Å². The third kappa shape index (κ3) is 7.23. The van der Waals surface area contributed by atoms with Crippen LogP contribution in [0.2, 0.25) is 0 Å². The Bertz CT molecular complexity index is 496. The zero-order valence-corrected chi connectivity index (χ0v) is 17.0. The topological polar surface area (TPSA) is 92.0 Å². The summed E-state index contributed by atoms with van der Waals surface area (Å²) >= 11 is 0. The van der Waals surface area contributed by atoms with Crippen molar-refractivity contribution in [2.45, 2.75) is 103 Å². The summed E-state index contributed by atoms with van der Waals surface area (Å²) in [5.41, 5.74) is 5.98. The summed E-state index contributed by atoms with van der Waals surface area (Å²) < 4.78 is 5.41. The lowest BCUT2D eigenvalue weighted by atomic mass is 10.1. The highest BCUT2D eigenvalue weighted by atomic mass is 35.5. The molecule has 7 heteroatoms. The van der Waals surface area contributed by atoms with Crippen LogP contribution in [0.5, 0.6) is 0 Å². The third-order valence-electron chi connectivity index (χ3n) is 5.15. The van der Waals surface area contributed by atoms with Crippen LogP contribution < -0.4 is 5.73 Å². The number of nitrogens with two attached hydrogens (primary N) is 1. The smallest absolute Gasteiger partial charge is 0.249 e.